The highest BCUT2D eigenvalue weighted by atomic mass is 16.5. The van der Waals surface area contributed by atoms with E-state index in [9.17, 15) is 9.59 Å². The number of carbonyl (C=O) groups is 2. The lowest BCUT2D eigenvalue weighted by Crippen LogP contribution is -2.28. The molecule has 0 fully saturated rings. The molecule has 0 aliphatic carbocycles. The maximum absolute atomic E-state index is 13.1. The fourth-order valence-electron chi connectivity index (χ4n) is 8.34. The topological polar surface area (TPSA) is 73.7 Å². The van der Waals surface area contributed by atoms with Gasteiger partial charge in [0.05, 0.1) is 25.0 Å². The minimum atomic E-state index is 0.0630. The number of ether oxygens (including phenoxy) is 2. The number of unbranched alkanes of at least 4 members (excludes halogenated alkanes) is 22. The van der Waals surface area contributed by atoms with E-state index in [1.54, 1.807) is 0 Å². The van der Waals surface area contributed by atoms with Crippen molar-refractivity contribution in [3.63, 3.8) is 0 Å². The molecule has 0 amide bonds. The Labute approximate surface area is 360 Å². The summed E-state index contributed by atoms with van der Waals surface area (Å²) in [5, 5.41) is 0. The van der Waals surface area contributed by atoms with Crippen molar-refractivity contribution in [2.75, 3.05) is 32.8 Å². The molecule has 1 rings (SSSR count). The number of hydrogen-bond donors (Lipinski definition) is 0. The monoisotopic (exact) mass is 816 g/mol. The van der Waals surface area contributed by atoms with Gasteiger partial charge in [-0.3, -0.25) is 9.59 Å². The molecule has 1 aromatic rings. The van der Waals surface area contributed by atoms with Crippen molar-refractivity contribution < 1.29 is 19.1 Å². The summed E-state index contributed by atoms with van der Waals surface area (Å²) in [6, 6.07) is 0. The van der Waals surface area contributed by atoms with Crippen LogP contribution in [0.2, 0.25) is 0 Å². The van der Waals surface area contributed by atoms with Gasteiger partial charge < -0.3 is 18.9 Å². The minimum absolute atomic E-state index is 0.0630. The van der Waals surface area contributed by atoms with Crippen LogP contribution >= 0.6 is 0 Å². The quantitative estimate of drug-likeness (QED) is 0.0482. The van der Waals surface area contributed by atoms with Crippen LogP contribution in [0.4, 0.5) is 0 Å². The first-order valence-corrected chi connectivity index (χ1v) is 25.5. The van der Waals surface area contributed by atoms with Crippen LogP contribution in [0.15, 0.2) is 12.4 Å². The van der Waals surface area contributed by atoms with E-state index in [0.29, 0.717) is 13.2 Å². The molecule has 0 N–H and O–H groups in total. The van der Waals surface area contributed by atoms with E-state index in [2.05, 4.69) is 55.3 Å². The van der Waals surface area contributed by atoms with Crippen molar-refractivity contribution >= 4 is 11.9 Å². The first-order valence-electron chi connectivity index (χ1n) is 25.5. The van der Waals surface area contributed by atoms with Crippen LogP contribution in [-0.4, -0.2) is 59.2 Å². The second-order valence-electron chi connectivity index (χ2n) is 17.7. The van der Waals surface area contributed by atoms with Crippen LogP contribution in [0.25, 0.3) is 0 Å². The van der Waals surface area contributed by atoms with Gasteiger partial charge in [0, 0.05) is 18.9 Å². The van der Waals surface area contributed by atoms with Gasteiger partial charge in [0.25, 0.3) is 0 Å². The van der Waals surface area contributed by atoms with E-state index in [4.69, 9.17) is 9.47 Å². The summed E-state index contributed by atoms with van der Waals surface area (Å²) in [6.45, 7) is 16.6. The number of imidazole rings is 1. The van der Waals surface area contributed by atoms with E-state index in [-0.39, 0.29) is 23.8 Å². The third kappa shape index (κ3) is 31.1. The van der Waals surface area contributed by atoms with Gasteiger partial charge in [-0.05, 0) is 84.3 Å². The van der Waals surface area contributed by atoms with Gasteiger partial charge in [-0.2, -0.15) is 0 Å². The Balaban J connectivity index is 2.42. The van der Waals surface area contributed by atoms with Gasteiger partial charge in [-0.25, -0.2) is 4.98 Å². The number of nitrogens with zero attached hydrogens (tertiary/aromatic N) is 3. The molecule has 7 nitrogen and oxygen atoms in total. The molecular formula is C51H97N3O4. The molecule has 58 heavy (non-hydrogen) atoms. The van der Waals surface area contributed by atoms with Crippen molar-refractivity contribution in [3.05, 3.63) is 18.2 Å². The average molecular weight is 816 g/mol. The van der Waals surface area contributed by atoms with Gasteiger partial charge >= 0.3 is 11.9 Å². The molecular weight excluding hydrogens is 719 g/mol. The summed E-state index contributed by atoms with van der Waals surface area (Å²) < 4.78 is 14.0. The number of hydrogen-bond acceptors (Lipinski definition) is 6. The number of rotatable bonds is 44. The van der Waals surface area contributed by atoms with Gasteiger partial charge in [0.1, 0.15) is 5.82 Å². The summed E-state index contributed by atoms with van der Waals surface area (Å²) in [5.41, 5.74) is 0. The molecule has 0 radical (unpaired) electrons. The van der Waals surface area contributed by atoms with Crippen LogP contribution in [0.3, 0.4) is 0 Å². The molecule has 340 valence electrons. The van der Waals surface area contributed by atoms with Crippen molar-refractivity contribution in [1.29, 1.82) is 0 Å². The molecule has 0 saturated carbocycles. The molecule has 0 aliphatic heterocycles. The summed E-state index contributed by atoms with van der Waals surface area (Å²) >= 11 is 0. The highest BCUT2D eigenvalue weighted by molar-refractivity contribution is 5.72. The van der Waals surface area contributed by atoms with Crippen LogP contribution in [0.1, 0.15) is 245 Å². The van der Waals surface area contributed by atoms with E-state index in [1.165, 1.54) is 128 Å². The molecule has 2 unspecified atom stereocenters. The molecule has 0 saturated heterocycles. The lowest BCUT2D eigenvalue weighted by atomic mass is 9.94. The third-order valence-electron chi connectivity index (χ3n) is 12.3. The Morgan fingerprint density at radius 2 is 0.845 bits per heavy atom. The van der Waals surface area contributed by atoms with Crippen LogP contribution in [-0.2, 0) is 25.6 Å². The Hall–Kier alpha value is -1.89. The average Bonchev–Trinajstić information content (AvgIpc) is 3.64. The normalized spacial score (nSPS) is 12.7. The highest BCUT2D eigenvalue weighted by Crippen LogP contribution is 2.22. The van der Waals surface area contributed by atoms with E-state index in [0.717, 1.165) is 115 Å². The number of esters is 2. The van der Waals surface area contributed by atoms with Crippen molar-refractivity contribution in [1.82, 2.24) is 14.5 Å². The maximum atomic E-state index is 13.1. The van der Waals surface area contributed by atoms with Crippen molar-refractivity contribution in [3.8, 4) is 0 Å². The zero-order valence-electron chi connectivity index (χ0n) is 39.4. The van der Waals surface area contributed by atoms with E-state index in [1.807, 2.05) is 6.20 Å². The zero-order chi connectivity index (χ0) is 42.2. The van der Waals surface area contributed by atoms with Gasteiger partial charge in [0.15, 0.2) is 0 Å². The zero-order valence-corrected chi connectivity index (χ0v) is 39.4. The highest BCUT2D eigenvalue weighted by Gasteiger charge is 2.20. The maximum Gasteiger partial charge on any atom is 0.308 e. The van der Waals surface area contributed by atoms with Gasteiger partial charge in [-0.1, -0.05) is 182 Å². The standard InChI is InChI=1S/C51H97N3O4/c1-6-10-14-18-20-28-37-48(35-26-16-12-8-3)50(55)57-45-32-24-22-30-40-53(42-34-43-54-44-39-52-47(54)5)41-31-23-25-33-46-58-51(56)49(36-27-17-13-9-4)38-29-21-19-15-11-7-2/h39,44,48-49H,6-38,40-43,45-46H2,1-5H3. The summed E-state index contributed by atoms with van der Waals surface area (Å²) in [6.07, 6.45) is 43.0. The fourth-order valence-corrected chi connectivity index (χ4v) is 8.34. The third-order valence-corrected chi connectivity index (χ3v) is 12.3. The fraction of sp³-hybridized carbons (Fsp3) is 0.902. The predicted molar refractivity (Wildman–Crippen MR) is 247 cm³/mol. The van der Waals surface area contributed by atoms with E-state index >= 15 is 0 Å². The van der Waals surface area contributed by atoms with Crippen LogP contribution < -0.4 is 0 Å². The van der Waals surface area contributed by atoms with Crippen molar-refractivity contribution in [2.45, 2.75) is 253 Å². The Kier molecular flexibility index (Phi) is 37.8. The molecule has 2 atom stereocenters. The largest absolute Gasteiger partial charge is 0.465 e. The second-order valence-corrected chi connectivity index (χ2v) is 17.7. The minimum Gasteiger partial charge on any atom is -0.465 e. The SMILES string of the molecule is CCCCCCCCC(CCCCCC)C(=O)OCCCCCCN(CCCCCCOC(=O)C(CCCCCC)CCCCCCCC)CCCn1ccnc1C. The van der Waals surface area contributed by atoms with Gasteiger partial charge in [0.2, 0.25) is 0 Å². The molecule has 0 aromatic carbocycles. The Morgan fingerprint density at radius 1 is 0.500 bits per heavy atom. The van der Waals surface area contributed by atoms with E-state index < -0.39 is 0 Å². The first-order chi connectivity index (χ1) is 28.5. The Morgan fingerprint density at radius 3 is 1.24 bits per heavy atom. The molecule has 1 aromatic heterocycles. The smallest absolute Gasteiger partial charge is 0.308 e. The Bertz CT molecular complexity index is 987. The lowest BCUT2D eigenvalue weighted by molar-refractivity contribution is -0.150. The first kappa shape index (κ1) is 54.1. The summed E-state index contributed by atoms with van der Waals surface area (Å²) in [7, 11) is 0. The van der Waals surface area contributed by atoms with Crippen LogP contribution in [0.5, 0.6) is 0 Å². The lowest BCUT2D eigenvalue weighted by Gasteiger charge is -2.22. The molecule has 0 spiro atoms. The van der Waals surface area contributed by atoms with Crippen LogP contribution in [0, 0.1) is 18.8 Å². The second kappa shape index (κ2) is 40.5. The number of aryl methyl sites for hydroxylation is 2. The molecule has 0 aliphatic rings. The summed E-state index contributed by atoms with van der Waals surface area (Å²) in [5.74, 6) is 1.40. The predicted octanol–water partition coefficient (Wildman–Crippen LogP) is 14.8. The number of carbonyl (C=O) groups excluding carboxylic acids is 2. The van der Waals surface area contributed by atoms with Crippen molar-refractivity contribution in [2.24, 2.45) is 11.8 Å². The number of aromatic nitrogens is 2. The molecule has 7 heteroatoms. The molecule has 0 bridgehead atoms. The summed E-state index contributed by atoms with van der Waals surface area (Å²) in [4.78, 5) is 33.2. The molecule has 1 heterocycles. The van der Waals surface area contributed by atoms with Gasteiger partial charge in [-0.15, -0.1) is 0 Å².